The fourth-order valence-corrected chi connectivity index (χ4v) is 4.23. The van der Waals surface area contributed by atoms with Crippen LogP contribution in [0.4, 0.5) is 4.39 Å². The minimum Gasteiger partial charge on any atom is -0.367 e. The fraction of sp³-hybridized carbons (Fsp3) is 0.375. The maximum atomic E-state index is 13.8. The molecule has 21 heavy (non-hydrogen) atoms. The standard InChI is InChI=1S/C16H15BrClFN2/c17-10-7-15-13(8-12(10)19)20-16-6-5-14(21(15)16)9-3-1-2-4-11(9)18/h1-4,7,12,14,16,20H,5-6,8H2/t12?,14-,16?/m1/s1. The number of alkyl halides is 1. The Kier molecular flexibility index (Phi) is 3.27. The molecule has 0 saturated carbocycles. The summed E-state index contributed by atoms with van der Waals surface area (Å²) in [6, 6.07) is 8.27. The Bertz CT molecular complexity index is 657. The van der Waals surface area contributed by atoms with Gasteiger partial charge in [-0.25, -0.2) is 4.39 Å². The van der Waals surface area contributed by atoms with E-state index in [4.69, 9.17) is 11.6 Å². The maximum absolute atomic E-state index is 13.8. The first-order valence-electron chi connectivity index (χ1n) is 7.19. The second kappa shape index (κ2) is 5.03. The van der Waals surface area contributed by atoms with Crippen molar-refractivity contribution in [3.63, 3.8) is 0 Å². The Hall–Kier alpha value is -1.00. The average molecular weight is 370 g/mol. The normalized spacial score (nSPS) is 30.9. The zero-order chi connectivity index (χ0) is 14.6. The number of rotatable bonds is 1. The lowest BCUT2D eigenvalue weighted by Crippen LogP contribution is -2.32. The van der Waals surface area contributed by atoms with Crippen LogP contribution in [0, 0.1) is 0 Å². The molecule has 1 aromatic carbocycles. The number of halogens is 3. The van der Waals surface area contributed by atoms with Gasteiger partial charge in [0.1, 0.15) is 6.17 Å². The highest BCUT2D eigenvalue weighted by Gasteiger charge is 2.43. The van der Waals surface area contributed by atoms with Crippen molar-refractivity contribution in [3.05, 3.63) is 56.8 Å². The van der Waals surface area contributed by atoms with Gasteiger partial charge in [0.25, 0.3) is 0 Å². The van der Waals surface area contributed by atoms with E-state index in [1.165, 1.54) is 0 Å². The Labute approximate surface area is 136 Å². The zero-order valence-electron chi connectivity index (χ0n) is 11.3. The first-order chi connectivity index (χ1) is 10.1. The Morgan fingerprint density at radius 3 is 2.90 bits per heavy atom. The van der Waals surface area contributed by atoms with Crippen molar-refractivity contribution in [2.45, 2.75) is 37.6 Å². The minimum absolute atomic E-state index is 0.261. The summed E-state index contributed by atoms with van der Waals surface area (Å²) >= 11 is 9.72. The predicted octanol–water partition coefficient (Wildman–Crippen LogP) is 4.64. The van der Waals surface area contributed by atoms with E-state index in [2.05, 4.69) is 32.2 Å². The van der Waals surface area contributed by atoms with Crippen molar-refractivity contribution in [2.24, 2.45) is 0 Å². The molecule has 4 rings (SSSR count). The molecule has 1 saturated heterocycles. The molecule has 3 atom stereocenters. The second-order valence-electron chi connectivity index (χ2n) is 5.75. The van der Waals surface area contributed by atoms with E-state index in [1.807, 2.05) is 24.3 Å². The van der Waals surface area contributed by atoms with Crippen LogP contribution in [-0.4, -0.2) is 17.2 Å². The number of nitrogens with one attached hydrogen (secondary N) is 1. The Morgan fingerprint density at radius 1 is 1.29 bits per heavy atom. The Balaban J connectivity index is 1.73. The van der Waals surface area contributed by atoms with Gasteiger partial charge in [-0.05, 0) is 30.5 Å². The molecular weight excluding hydrogens is 355 g/mol. The van der Waals surface area contributed by atoms with E-state index in [-0.39, 0.29) is 12.2 Å². The molecule has 110 valence electrons. The molecule has 3 aliphatic rings. The van der Waals surface area contributed by atoms with E-state index in [1.54, 1.807) is 0 Å². The van der Waals surface area contributed by atoms with Crippen LogP contribution in [0.5, 0.6) is 0 Å². The predicted molar refractivity (Wildman–Crippen MR) is 85.7 cm³/mol. The molecule has 2 aliphatic heterocycles. The van der Waals surface area contributed by atoms with Crippen molar-refractivity contribution < 1.29 is 4.39 Å². The van der Waals surface area contributed by atoms with Crippen LogP contribution in [0.3, 0.4) is 0 Å². The van der Waals surface area contributed by atoms with Crippen LogP contribution in [-0.2, 0) is 0 Å². The molecule has 0 spiro atoms. The summed E-state index contributed by atoms with van der Waals surface area (Å²) in [7, 11) is 0. The van der Waals surface area contributed by atoms with Crippen LogP contribution in [0.1, 0.15) is 30.9 Å². The van der Waals surface area contributed by atoms with Gasteiger partial charge < -0.3 is 10.2 Å². The number of hydrogen-bond acceptors (Lipinski definition) is 2. The summed E-state index contributed by atoms with van der Waals surface area (Å²) in [5, 5.41) is 4.29. The molecule has 2 nitrogen and oxygen atoms in total. The summed E-state index contributed by atoms with van der Waals surface area (Å²) in [4.78, 5) is 2.36. The van der Waals surface area contributed by atoms with Gasteiger partial charge in [0.05, 0.1) is 17.9 Å². The molecule has 1 aliphatic carbocycles. The van der Waals surface area contributed by atoms with Gasteiger partial charge in [-0.3, -0.25) is 0 Å². The third kappa shape index (κ3) is 2.11. The number of nitrogens with zero attached hydrogens (tertiary/aromatic N) is 1. The largest absolute Gasteiger partial charge is 0.367 e. The van der Waals surface area contributed by atoms with Gasteiger partial charge in [0.15, 0.2) is 0 Å². The molecule has 0 bridgehead atoms. The molecule has 0 radical (unpaired) electrons. The molecule has 1 aromatic rings. The van der Waals surface area contributed by atoms with Gasteiger partial charge in [-0.1, -0.05) is 45.7 Å². The quantitative estimate of drug-likeness (QED) is 0.776. The zero-order valence-corrected chi connectivity index (χ0v) is 13.7. The number of benzene rings is 1. The van der Waals surface area contributed by atoms with E-state index >= 15 is 0 Å². The smallest absolute Gasteiger partial charge is 0.137 e. The lowest BCUT2D eigenvalue weighted by Gasteiger charge is -2.29. The summed E-state index contributed by atoms with van der Waals surface area (Å²) in [6.45, 7) is 0. The highest BCUT2D eigenvalue weighted by Crippen LogP contribution is 2.47. The average Bonchev–Trinajstić information content (AvgIpc) is 3.00. The van der Waals surface area contributed by atoms with Crippen molar-refractivity contribution in [1.82, 2.24) is 10.2 Å². The highest BCUT2D eigenvalue weighted by molar-refractivity contribution is 9.11. The molecular formula is C16H15BrClFN2. The second-order valence-corrected chi connectivity index (χ2v) is 7.07. The molecule has 1 N–H and O–H groups in total. The fourth-order valence-electron chi connectivity index (χ4n) is 3.59. The van der Waals surface area contributed by atoms with Crippen LogP contribution in [0.25, 0.3) is 0 Å². The molecule has 2 unspecified atom stereocenters. The van der Waals surface area contributed by atoms with Crippen molar-refractivity contribution in [1.29, 1.82) is 0 Å². The van der Waals surface area contributed by atoms with Crippen LogP contribution >= 0.6 is 27.5 Å². The first-order valence-corrected chi connectivity index (χ1v) is 8.36. The van der Waals surface area contributed by atoms with Gasteiger partial charge in [0, 0.05) is 21.6 Å². The van der Waals surface area contributed by atoms with E-state index in [9.17, 15) is 4.39 Å². The summed E-state index contributed by atoms with van der Waals surface area (Å²) in [6.07, 6.45) is 3.78. The van der Waals surface area contributed by atoms with Gasteiger partial charge >= 0.3 is 0 Å². The lowest BCUT2D eigenvalue weighted by atomic mass is 10.0. The Morgan fingerprint density at radius 2 is 2.10 bits per heavy atom. The third-order valence-electron chi connectivity index (χ3n) is 4.53. The highest BCUT2D eigenvalue weighted by atomic mass is 79.9. The van der Waals surface area contributed by atoms with Crippen molar-refractivity contribution in [2.75, 3.05) is 0 Å². The summed E-state index contributed by atoms with van der Waals surface area (Å²) in [5.41, 5.74) is 3.29. The lowest BCUT2D eigenvalue weighted by molar-refractivity contribution is 0.271. The van der Waals surface area contributed by atoms with E-state index < -0.39 is 6.17 Å². The summed E-state index contributed by atoms with van der Waals surface area (Å²) < 4.78 is 14.5. The minimum atomic E-state index is -0.935. The SMILES string of the molecule is FC1CC2=C(C=C1Br)N1C(CC[C@@H]1c1ccccc1Cl)N2. The van der Waals surface area contributed by atoms with Gasteiger partial charge in [-0.2, -0.15) is 0 Å². The van der Waals surface area contributed by atoms with Crippen LogP contribution in [0.2, 0.25) is 5.02 Å². The van der Waals surface area contributed by atoms with E-state index in [0.29, 0.717) is 10.9 Å². The van der Waals surface area contributed by atoms with Crippen molar-refractivity contribution in [3.8, 4) is 0 Å². The number of fused-ring (bicyclic) bond motifs is 2. The molecule has 0 aromatic heterocycles. The molecule has 5 heteroatoms. The molecule has 1 fully saturated rings. The topological polar surface area (TPSA) is 15.3 Å². The van der Waals surface area contributed by atoms with Crippen LogP contribution < -0.4 is 5.32 Å². The first kappa shape index (κ1) is 13.6. The van der Waals surface area contributed by atoms with E-state index in [0.717, 1.165) is 34.8 Å². The van der Waals surface area contributed by atoms with Crippen molar-refractivity contribution >= 4 is 27.5 Å². The van der Waals surface area contributed by atoms with Crippen LogP contribution in [0.15, 0.2) is 46.2 Å². The third-order valence-corrected chi connectivity index (χ3v) is 5.60. The maximum Gasteiger partial charge on any atom is 0.137 e. The number of hydrogen-bond donors (Lipinski definition) is 1. The van der Waals surface area contributed by atoms with Gasteiger partial charge in [-0.15, -0.1) is 0 Å². The number of allylic oxidation sites excluding steroid dienone is 3. The monoisotopic (exact) mass is 368 g/mol. The molecule has 2 heterocycles. The molecule has 0 amide bonds. The summed E-state index contributed by atoms with van der Waals surface area (Å²) in [5.74, 6) is 0. The van der Waals surface area contributed by atoms with Gasteiger partial charge in [0.2, 0.25) is 0 Å².